The first-order valence-electron chi connectivity index (χ1n) is 8.91. The van der Waals surface area contributed by atoms with Crippen LogP contribution in [0.5, 0.6) is 0 Å². The Balaban J connectivity index is 1.65. The molecule has 2 saturated heterocycles. The Morgan fingerprint density at radius 1 is 1.15 bits per heavy atom. The molecule has 0 aliphatic carbocycles. The number of piperidine rings is 1. The van der Waals surface area contributed by atoms with E-state index < -0.39 is 11.6 Å². The van der Waals surface area contributed by atoms with Crippen molar-refractivity contribution >= 4 is 23.3 Å². The van der Waals surface area contributed by atoms with Crippen molar-refractivity contribution in [1.29, 1.82) is 0 Å². The maximum absolute atomic E-state index is 13.5. The van der Waals surface area contributed by atoms with Gasteiger partial charge in [0.2, 0.25) is 0 Å². The Bertz CT molecular complexity index is 679. The van der Waals surface area contributed by atoms with Gasteiger partial charge in [-0.1, -0.05) is 11.6 Å². The molecule has 0 bridgehead atoms. The predicted molar refractivity (Wildman–Crippen MR) is 98.7 cm³/mol. The first-order valence-corrected chi connectivity index (χ1v) is 9.29. The number of halogens is 3. The lowest BCUT2D eigenvalue weighted by Crippen LogP contribution is -2.58. The minimum atomic E-state index is -0.886. The number of nitrogens with zero attached hydrogens (tertiary/aromatic N) is 3. The molecule has 2 amide bonds. The van der Waals surface area contributed by atoms with Crippen LogP contribution in [0.25, 0.3) is 0 Å². The standard InChI is InChI=1S/C18H25ClF2N4O/c1-23-6-3-7-24(2)18(12-23)4-8-25(9-5-18)17(26)22-15-11-13(20)10-14(21)16(15)19/h10-11H,3-9,12H2,1-2H3,(H,22,26). The summed E-state index contributed by atoms with van der Waals surface area (Å²) in [5.74, 6) is -1.66. The van der Waals surface area contributed by atoms with Crippen molar-refractivity contribution in [2.75, 3.05) is 52.1 Å². The maximum Gasteiger partial charge on any atom is 0.321 e. The summed E-state index contributed by atoms with van der Waals surface area (Å²) < 4.78 is 26.9. The first kappa shape index (κ1) is 19.3. The summed E-state index contributed by atoms with van der Waals surface area (Å²) >= 11 is 5.83. The number of likely N-dealkylation sites (N-methyl/N-ethyl adjacent to an activating group) is 2. The van der Waals surface area contributed by atoms with Crippen LogP contribution in [0, 0.1) is 11.6 Å². The van der Waals surface area contributed by atoms with Crippen LogP contribution in [0.4, 0.5) is 19.3 Å². The van der Waals surface area contributed by atoms with Crippen molar-refractivity contribution < 1.29 is 13.6 Å². The molecule has 2 fully saturated rings. The highest BCUT2D eigenvalue weighted by Crippen LogP contribution is 2.32. The molecule has 0 radical (unpaired) electrons. The van der Waals surface area contributed by atoms with Crippen molar-refractivity contribution in [3.63, 3.8) is 0 Å². The topological polar surface area (TPSA) is 38.8 Å². The minimum absolute atomic E-state index is 0.0410. The average Bonchev–Trinajstić information content (AvgIpc) is 2.72. The third-order valence-corrected chi connectivity index (χ3v) is 6.01. The van der Waals surface area contributed by atoms with Gasteiger partial charge in [-0.15, -0.1) is 0 Å². The normalized spacial score (nSPS) is 21.7. The Hall–Kier alpha value is -1.44. The fourth-order valence-electron chi connectivity index (χ4n) is 4.02. The number of nitrogens with one attached hydrogen (secondary N) is 1. The number of anilines is 1. The number of carbonyl (C=O) groups excluding carboxylic acids is 1. The quantitative estimate of drug-likeness (QED) is 0.753. The van der Waals surface area contributed by atoms with Crippen LogP contribution in [-0.2, 0) is 0 Å². The fraction of sp³-hybridized carbons (Fsp3) is 0.611. The molecule has 2 heterocycles. The molecule has 2 aliphatic rings. The van der Waals surface area contributed by atoms with Gasteiger partial charge in [0.25, 0.3) is 0 Å². The van der Waals surface area contributed by atoms with E-state index in [-0.39, 0.29) is 22.3 Å². The van der Waals surface area contributed by atoms with E-state index in [0.717, 1.165) is 45.0 Å². The maximum atomic E-state index is 13.5. The number of carbonyl (C=O) groups is 1. The number of hydrogen-bond donors (Lipinski definition) is 1. The van der Waals surface area contributed by atoms with Gasteiger partial charge >= 0.3 is 6.03 Å². The predicted octanol–water partition coefficient (Wildman–Crippen LogP) is 3.25. The number of likely N-dealkylation sites (tertiary alicyclic amines) is 1. The van der Waals surface area contributed by atoms with Crippen LogP contribution in [0.1, 0.15) is 19.3 Å². The Morgan fingerprint density at radius 2 is 1.85 bits per heavy atom. The van der Waals surface area contributed by atoms with Crippen molar-refractivity contribution in [3.05, 3.63) is 28.8 Å². The Kier molecular flexibility index (Phi) is 5.69. The lowest BCUT2D eigenvalue weighted by atomic mass is 9.85. The summed E-state index contributed by atoms with van der Waals surface area (Å²) in [5, 5.41) is 2.26. The van der Waals surface area contributed by atoms with E-state index in [9.17, 15) is 13.6 Å². The molecule has 8 heteroatoms. The van der Waals surface area contributed by atoms with Gasteiger partial charge in [0.15, 0.2) is 0 Å². The van der Waals surface area contributed by atoms with Crippen LogP contribution >= 0.6 is 11.6 Å². The van der Waals surface area contributed by atoms with Crippen molar-refractivity contribution in [3.8, 4) is 0 Å². The molecule has 0 unspecified atom stereocenters. The Labute approximate surface area is 157 Å². The zero-order valence-electron chi connectivity index (χ0n) is 15.2. The van der Waals surface area contributed by atoms with Gasteiger partial charge in [0.1, 0.15) is 16.7 Å². The molecule has 0 saturated carbocycles. The van der Waals surface area contributed by atoms with Crippen LogP contribution < -0.4 is 5.32 Å². The van der Waals surface area contributed by atoms with Crippen LogP contribution in [0.15, 0.2) is 12.1 Å². The van der Waals surface area contributed by atoms with Crippen LogP contribution in [-0.4, -0.2) is 73.1 Å². The largest absolute Gasteiger partial charge is 0.324 e. The second-order valence-electron chi connectivity index (χ2n) is 7.40. The molecular weight excluding hydrogens is 362 g/mol. The van der Waals surface area contributed by atoms with Crippen molar-refractivity contribution in [2.45, 2.75) is 24.8 Å². The van der Waals surface area contributed by atoms with E-state index in [1.54, 1.807) is 4.90 Å². The average molecular weight is 387 g/mol. The lowest BCUT2D eigenvalue weighted by Gasteiger charge is -2.47. The third-order valence-electron chi connectivity index (χ3n) is 5.62. The zero-order valence-corrected chi connectivity index (χ0v) is 16.0. The molecular formula is C18H25ClF2N4O. The van der Waals surface area contributed by atoms with Crippen LogP contribution in [0.2, 0.25) is 5.02 Å². The summed E-state index contributed by atoms with van der Waals surface area (Å²) in [6.45, 7) is 4.31. The van der Waals surface area contributed by atoms with E-state index in [4.69, 9.17) is 11.6 Å². The number of rotatable bonds is 1. The van der Waals surface area contributed by atoms with Gasteiger partial charge in [-0.3, -0.25) is 4.90 Å². The van der Waals surface area contributed by atoms with E-state index in [1.807, 2.05) is 0 Å². The molecule has 144 valence electrons. The number of hydrogen-bond acceptors (Lipinski definition) is 3. The summed E-state index contributed by atoms with van der Waals surface area (Å²) in [5.41, 5.74) is 0.0331. The molecule has 1 aromatic rings. The van der Waals surface area contributed by atoms with Gasteiger partial charge in [0.05, 0.1) is 5.69 Å². The molecule has 1 aromatic carbocycles. The molecule has 3 rings (SSSR count). The molecule has 26 heavy (non-hydrogen) atoms. The van der Waals surface area contributed by atoms with Gasteiger partial charge in [-0.2, -0.15) is 0 Å². The number of benzene rings is 1. The van der Waals surface area contributed by atoms with E-state index >= 15 is 0 Å². The fourth-order valence-corrected chi connectivity index (χ4v) is 4.18. The third kappa shape index (κ3) is 3.94. The summed E-state index contributed by atoms with van der Waals surface area (Å²) in [7, 11) is 4.30. The van der Waals surface area contributed by atoms with E-state index in [2.05, 4.69) is 29.2 Å². The lowest BCUT2D eigenvalue weighted by molar-refractivity contribution is 0.0442. The first-order chi connectivity index (χ1) is 12.3. The second kappa shape index (κ2) is 7.66. The summed E-state index contributed by atoms with van der Waals surface area (Å²) in [4.78, 5) is 19.0. The second-order valence-corrected chi connectivity index (χ2v) is 7.78. The molecule has 1 N–H and O–H groups in total. The van der Waals surface area contributed by atoms with Gasteiger partial charge in [0, 0.05) is 31.2 Å². The SMILES string of the molecule is CN1CCCN(C)C2(CCN(C(=O)Nc3cc(F)cc(F)c3Cl)CC2)C1. The highest BCUT2D eigenvalue weighted by Gasteiger charge is 2.41. The summed E-state index contributed by atoms with van der Waals surface area (Å²) in [6, 6.07) is 1.35. The number of urea groups is 1. The zero-order chi connectivity index (χ0) is 18.9. The minimum Gasteiger partial charge on any atom is -0.324 e. The summed E-state index contributed by atoms with van der Waals surface area (Å²) in [6.07, 6.45) is 2.88. The molecule has 5 nitrogen and oxygen atoms in total. The molecule has 2 aliphatic heterocycles. The molecule has 0 atom stereocenters. The Morgan fingerprint density at radius 3 is 2.54 bits per heavy atom. The van der Waals surface area contributed by atoms with Gasteiger partial charge in [-0.05, 0) is 52.5 Å². The van der Waals surface area contributed by atoms with Crippen LogP contribution in [0.3, 0.4) is 0 Å². The number of amides is 2. The highest BCUT2D eigenvalue weighted by molar-refractivity contribution is 6.33. The van der Waals surface area contributed by atoms with E-state index in [1.165, 1.54) is 0 Å². The van der Waals surface area contributed by atoms with Crippen molar-refractivity contribution in [1.82, 2.24) is 14.7 Å². The van der Waals surface area contributed by atoms with Gasteiger partial charge in [-0.25, -0.2) is 13.6 Å². The van der Waals surface area contributed by atoms with E-state index in [0.29, 0.717) is 19.2 Å². The molecule has 0 aromatic heterocycles. The monoisotopic (exact) mass is 386 g/mol. The molecule has 1 spiro atoms. The van der Waals surface area contributed by atoms with Gasteiger partial charge < -0.3 is 15.1 Å². The smallest absolute Gasteiger partial charge is 0.321 e. The van der Waals surface area contributed by atoms with Crippen molar-refractivity contribution in [2.24, 2.45) is 0 Å². The highest BCUT2D eigenvalue weighted by atomic mass is 35.5.